The highest BCUT2D eigenvalue weighted by Crippen LogP contribution is 2.44. The van der Waals surface area contributed by atoms with Gasteiger partial charge in [0.25, 0.3) is 5.91 Å². The van der Waals surface area contributed by atoms with E-state index in [1.807, 2.05) is 48.5 Å². The lowest BCUT2D eigenvalue weighted by Gasteiger charge is -2.35. The summed E-state index contributed by atoms with van der Waals surface area (Å²) in [5.74, 6) is 0.276. The Morgan fingerprint density at radius 2 is 1.71 bits per heavy atom. The van der Waals surface area contributed by atoms with E-state index in [-0.39, 0.29) is 17.9 Å². The molecule has 2 aliphatic heterocycles. The van der Waals surface area contributed by atoms with Crippen LogP contribution in [0.25, 0.3) is 6.08 Å². The largest absolute Gasteiger partial charge is 0.292 e. The van der Waals surface area contributed by atoms with E-state index in [1.54, 1.807) is 5.01 Å². The predicted molar refractivity (Wildman–Crippen MR) is 140 cm³/mol. The van der Waals surface area contributed by atoms with E-state index in [0.29, 0.717) is 17.6 Å². The highest BCUT2D eigenvalue weighted by atomic mass is 35.5. The van der Waals surface area contributed by atoms with Gasteiger partial charge < -0.3 is 0 Å². The Morgan fingerprint density at radius 3 is 2.41 bits per heavy atom. The lowest BCUT2D eigenvalue weighted by molar-refractivity contribution is -0.135. The molecule has 1 saturated heterocycles. The third-order valence-electron chi connectivity index (χ3n) is 7.46. The van der Waals surface area contributed by atoms with E-state index in [0.717, 1.165) is 60.5 Å². The Hall–Kier alpha value is -2.14. The zero-order valence-electron chi connectivity index (χ0n) is 19.6. The van der Waals surface area contributed by atoms with Crippen LogP contribution in [0.1, 0.15) is 62.6 Å². The van der Waals surface area contributed by atoms with Crippen LogP contribution in [0.15, 0.2) is 59.2 Å². The minimum absolute atomic E-state index is 0.0847. The smallest absolute Gasteiger partial charge is 0.257 e. The van der Waals surface area contributed by atoms with Gasteiger partial charge in [0.1, 0.15) is 0 Å². The van der Waals surface area contributed by atoms with E-state index < -0.39 is 0 Å². The van der Waals surface area contributed by atoms with Crippen LogP contribution in [0, 0.1) is 5.92 Å². The van der Waals surface area contributed by atoms with Crippen molar-refractivity contribution in [2.75, 3.05) is 13.1 Å². The average molecular weight is 496 g/mol. The van der Waals surface area contributed by atoms with Gasteiger partial charge in [0.15, 0.2) is 0 Å². The van der Waals surface area contributed by atoms with Gasteiger partial charge in [-0.25, -0.2) is 5.01 Å². The van der Waals surface area contributed by atoms with Crippen molar-refractivity contribution in [2.45, 2.75) is 57.5 Å². The first-order valence-corrected chi connectivity index (χ1v) is 13.1. The number of carbonyl (C=O) groups is 1. The van der Waals surface area contributed by atoms with Crippen LogP contribution in [0.3, 0.4) is 0 Å². The van der Waals surface area contributed by atoms with Crippen molar-refractivity contribution >= 4 is 40.9 Å². The van der Waals surface area contributed by atoms with E-state index in [9.17, 15) is 4.79 Å². The second-order valence-electron chi connectivity index (χ2n) is 9.76. The zero-order chi connectivity index (χ0) is 23.7. The Labute approximate surface area is 212 Å². The number of hydrogen-bond donors (Lipinski definition) is 0. The predicted octanol–water partition coefficient (Wildman–Crippen LogP) is 6.99. The fourth-order valence-corrected chi connectivity index (χ4v) is 5.85. The van der Waals surface area contributed by atoms with Crippen LogP contribution in [0.4, 0.5) is 0 Å². The second kappa shape index (κ2) is 10.2. The highest BCUT2D eigenvalue weighted by Gasteiger charge is 2.44. The van der Waals surface area contributed by atoms with Gasteiger partial charge in [-0.2, -0.15) is 5.10 Å². The standard InChI is InChI=1S/C28H31Cl2N3O/c1-19-5-2-3-16-32(19)18-26(34)33-28(21-10-14-24(30)15-11-21)25-7-4-6-22(27(25)31-33)17-20-8-12-23(29)13-9-20/h8-15,17,19,25,28H,2-7,16,18H2,1H3/b22-17+. The number of nitrogens with zero attached hydrogens (tertiary/aromatic N) is 3. The molecule has 2 aromatic carbocycles. The van der Waals surface area contributed by atoms with Crippen molar-refractivity contribution in [2.24, 2.45) is 11.0 Å². The molecule has 0 bridgehead atoms. The number of allylic oxidation sites excluding steroid dienone is 1. The maximum Gasteiger partial charge on any atom is 0.257 e. The number of carbonyl (C=O) groups excluding carboxylic acids is 1. The number of rotatable bonds is 4. The third kappa shape index (κ3) is 4.95. The van der Waals surface area contributed by atoms with Gasteiger partial charge in [0, 0.05) is 22.0 Å². The summed E-state index contributed by atoms with van der Waals surface area (Å²) in [6, 6.07) is 16.2. The molecule has 0 N–H and O–H groups in total. The third-order valence-corrected chi connectivity index (χ3v) is 7.96. The molecule has 1 amide bonds. The number of hydrazone groups is 1. The molecule has 178 valence electrons. The van der Waals surface area contributed by atoms with Crippen molar-refractivity contribution < 1.29 is 4.79 Å². The van der Waals surface area contributed by atoms with Gasteiger partial charge in [-0.1, -0.05) is 53.9 Å². The molecule has 0 spiro atoms. The molecule has 34 heavy (non-hydrogen) atoms. The van der Waals surface area contributed by atoms with Gasteiger partial charge in [0.05, 0.1) is 18.3 Å². The fraction of sp³-hybridized carbons (Fsp3) is 0.429. The summed E-state index contributed by atoms with van der Waals surface area (Å²) in [4.78, 5) is 16.0. The summed E-state index contributed by atoms with van der Waals surface area (Å²) < 4.78 is 0. The first-order valence-electron chi connectivity index (χ1n) is 12.4. The number of benzene rings is 2. The summed E-state index contributed by atoms with van der Waals surface area (Å²) in [6.45, 7) is 3.63. The van der Waals surface area contributed by atoms with E-state index in [1.165, 1.54) is 12.0 Å². The molecule has 3 aliphatic rings. The van der Waals surface area contributed by atoms with Crippen molar-refractivity contribution in [3.05, 3.63) is 75.3 Å². The van der Waals surface area contributed by atoms with Crippen molar-refractivity contribution in [1.82, 2.24) is 9.91 Å². The van der Waals surface area contributed by atoms with Crippen molar-refractivity contribution in [3.8, 4) is 0 Å². The lowest BCUT2D eigenvalue weighted by Crippen LogP contribution is -2.45. The van der Waals surface area contributed by atoms with Gasteiger partial charge in [0.2, 0.25) is 0 Å². The lowest BCUT2D eigenvalue weighted by atomic mass is 9.77. The molecule has 5 rings (SSSR count). The van der Waals surface area contributed by atoms with Crippen LogP contribution in [-0.2, 0) is 4.79 Å². The first kappa shape index (κ1) is 23.6. The molecule has 2 aromatic rings. The number of fused-ring (bicyclic) bond motifs is 1. The van der Waals surface area contributed by atoms with Crippen LogP contribution in [0.5, 0.6) is 0 Å². The number of halogens is 2. The highest BCUT2D eigenvalue weighted by molar-refractivity contribution is 6.30. The van der Waals surface area contributed by atoms with Crippen molar-refractivity contribution in [3.63, 3.8) is 0 Å². The molecule has 3 atom stereocenters. The Bertz CT molecular complexity index is 1090. The topological polar surface area (TPSA) is 35.9 Å². The molecule has 2 fully saturated rings. The summed E-state index contributed by atoms with van der Waals surface area (Å²) >= 11 is 12.3. The molecule has 6 heteroatoms. The molecule has 0 aromatic heterocycles. The van der Waals surface area contributed by atoms with Crippen LogP contribution in [0.2, 0.25) is 10.0 Å². The molecular formula is C28H31Cl2N3O. The quantitative estimate of drug-likeness (QED) is 0.457. The summed E-state index contributed by atoms with van der Waals surface area (Å²) in [7, 11) is 0. The van der Waals surface area contributed by atoms with E-state index in [2.05, 4.69) is 17.9 Å². The average Bonchev–Trinajstić information content (AvgIpc) is 3.23. The van der Waals surface area contributed by atoms with E-state index >= 15 is 0 Å². The van der Waals surface area contributed by atoms with Gasteiger partial charge >= 0.3 is 0 Å². The maximum absolute atomic E-state index is 13.7. The maximum atomic E-state index is 13.7. The molecule has 1 saturated carbocycles. The minimum atomic E-state index is -0.0891. The van der Waals surface area contributed by atoms with Gasteiger partial charge in [-0.15, -0.1) is 0 Å². The molecule has 3 unspecified atom stereocenters. The van der Waals surface area contributed by atoms with Crippen LogP contribution < -0.4 is 0 Å². The van der Waals surface area contributed by atoms with Crippen LogP contribution >= 0.6 is 23.2 Å². The number of likely N-dealkylation sites (tertiary alicyclic amines) is 1. The number of piperidine rings is 1. The summed E-state index contributed by atoms with van der Waals surface area (Å²) in [6.07, 6.45) is 8.83. The first-order chi connectivity index (χ1) is 16.5. The molecular weight excluding hydrogens is 465 g/mol. The zero-order valence-corrected chi connectivity index (χ0v) is 21.1. The Morgan fingerprint density at radius 1 is 1.00 bits per heavy atom. The monoisotopic (exact) mass is 495 g/mol. The normalized spacial score (nSPS) is 26.4. The van der Waals surface area contributed by atoms with Crippen LogP contribution in [-0.4, -0.2) is 40.7 Å². The number of amides is 1. The number of hydrogen-bond acceptors (Lipinski definition) is 3. The van der Waals surface area contributed by atoms with E-state index in [4.69, 9.17) is 28.3 Å². The SMILES string of the molecule is CC1CCCCN1CC(=O)N1N=C2/C(=C/c3ccc(Cl)cc3)CCCC2C1c1ccc(Cl)cc1. The summed E-state index contributed by atoms with van der Waals surface area (Å²) in [5.41, 5.74) is 4.49. The minimum Gasteiger partial charge on any atom is -0.292 e. The van der Waals surface area contributed by atoms with Gasteiger partial charge in [-0.3, -0.25) is 9.69 Å². The fourth-order valence-electron chi connectivity index (χ4n) is 5.60. The summed E-state index contributed by atoms with van der Waals surface area (Å²) in [5, 5.41) is 8.24. The molecule has 4 nitrogen and oxygen atoms in total. The van der Waals surface area contributed by atoms with Crippen molar-refractivity contribution in [1.29, 1.82) is 0 Å². The Kier molecular flexibility index (Phi) is 7.10. The van der Waals surface area contributed by atoms with Gasteiger partial charge in [-0.05, 0) is 92.6 Å². The molecule has 1 aliphatic carbocycles. The Balaban J connectivity index is 1.48. The molecule has 0 radical (unpaired) electrons. The second-order valence-corrected chi connectivity index (χ2v) is 10.6. The molecule has 2 heterocycles.